The number of ether oxygens (including phenoxy) is 1. The largest absolute Gasteiger partial charge is 0.368 e. The number of hydrogen-bond donors (Lipinski definition) is 1. The van der Waals surface area contributed by atoms with Gasteiger partial charge in [0, 0.05) is 18.8 Å². The van der Waals surface area contributed by atoms with Crippen molar-refractivity contribution in [3.63, 3.8) is 0 Å². The summed E-state index contributed by atoms with van der Waals surface area (Å²) in [6.45, 7) is 6.02. The first-order valence-corrected chi connectivity index (χ1v) is 7.33. The number of aryl methyl sites for hydroxylation is 1. The number of rotatable bonds is 5. The molecule has 1 fully saturated rings. The molecule has 1 saturated heterocycles. The van der Waals surface area contributed by atoms with Gasteiger partial charge in [0.15, 0.2) is 0 Å². The van der Waals surface area contributed by atoms with Crippen LogP contribution in [0, 0.1) is 12.8 Å². The van der Waals surface area contributed by atoms with Crippen LogP contribution in [0.4, 0.5) is 5.69 Å². The molecule has 2 unspecified atom stereocenters. The van der Waals surface area contributed by atoms with E-state index in [9.17, 15) is 4.79 Å². The highest BCUT2D eigenvalue weighted by molar-refractivity contribution is 5.96. The van der Waals surface area contributed by atoms with E-state index in [-0.39, 0.29) is 17.9 Å². The second-order valence-corrected chi connectivity index (χ2v) is 5.53. The highest BCUT2D eigenvalue weighted by atomic mass is 16.5. The Morgan fingerprint density at radius 2 is 2.10 bits per heavy atom. The Hall–Kier alpha value is -1.39. The van der Waals surface area contributed by atoms with Crippen molar-refractivity contribution < 1.29 is 9.53 Å². The minimum Gasteiger partial charge on any atom is -0.368 e. The molecule has 4 heteroatoms. The molecule has 0 aliphatic carbocycles. The Balaban J connectivity index is 2.18. The van der Waals surface area contributed by atoms with E-state index < -0.39 is 0 Å². The molecule has 1 heterocycles. The van der Waals surface area contributed by atoms with E-state index in [0.29, 0.717) is 19.7 Å². The first-order valence-electron chi connectivity index (χ1n) is 7.33. The summed E-state index contributed by atoms with van der Waals surface area (Å²) in [6.07, 6.45) is 1.43. The van der Waals surface area contributed by atoms with Gasteiger partial charge in [-0.2, -0.15) is 0 Å². The molecule has 110 valence electrons. The average Bonchev–Trinajstić information content (AvgIpc) is 2.87. The quantitative estimate of drug-likeness (QED) is 0.896. The summed E-state index contributed by atoms with van der Waals surface area (Å²) in [5, 5.41) is 0. The number of benzene rings is 1. The Morgan fingerprint density at radius 3 is 2.65 bits per heavy atom. The summed E-state index contributed by atoms with van der Waals surface area (Å²) in [4.78, 5) is 14.5. The molecule has 0 aromatic heterocycles. The van der Waals surface area contributed by atoms with Crippen LogP contribution in [0.25, 0.3) is 0 Å². The van der Waals surface area contributed by atoms with Crippen LogP contribution in [0.3, 0.4) is 0 Å². The van der Waals surface area contributed by atoms with E-state index >= 15 is 0 Å². The standard InChI is InChI=1S/C16H24N2O2/c1-12-4-6-14(7-5-12)18(10-3-9-17)16(19)15-13(2)8-11-20-15/h4-7,13,15H,3,8-11,17H2,1-2H3. The van der Waals surface area contributed by atoms with Crippen LogP contribution < -0.4 is 10.6 Å². The van der Waals surface area contributed by atoms with Crippen molar-refractivity contribution in [1.29, 1.82) is 0 Å². The van der Waals surface area contributed by atoms with Crippen molar-refractivity contribution in [3.05, 3.63) is 29.8 Å². The zero-order chi connectivity index (χ0) is 14.5. The Labute approximate surface area is 120 Å². The van der Waals surface area contributed by atoms with Gasteiger partial charge in [0.25, 0.3) is 5.91 Å². The summed E-state index contributed by atoms with van der Waals surface area (Å²) in [7, 11) is 0. The molecule has 4 nitrogen and oxygen atoms in total. The Bertz CT molecular complexity index is 444. The van der Waals surface area contributed by atoms with E-state index in [2.05, 4.69) is 6.92 Å². The van der Waals surface area contributed by atoms with Gasteiger partial charge in [-0.05, 0) is 44.4 Å². The molecule has 2 N–H and O–H groups in total. The van der Waals surface area contributed by atoms with E-state index in [1.807, 2.05) is 36.1 Å². The summed E-state index contributed by atoms with van der Waals surface area (Å²) in [5.74, 6) is 0.348. The lowest BCUT2D eigenvalue weighted by Gasteiger charge is -2.27. The summed E-state index contributed by atoms with van der Waals surface area (Å²) in [5.41, 5.74) is 7.70. The number of hydrogen-bond acceptors (Lipinski definition) is 3. The third-order valence-corrected chi connectivity index (χ3v) is 3.83. The molecule has 2 rings (SSSR count). The first kappa shape index (κ1) is 15.0. The van der Waals surface area contributed by atoms with E-state index in [4.69, 9.17) is 10.5 Å². The van der Waals surface area contributed by atoms with Crippen molar-refractivity contribution >= 4 is 11.6 Å². The molecule has 0 spiro atoms. The lowest BCUT2D eigenvalue weighted by Crippen LogP contribution is -2.42. The molecule has 0 bridgehead atoms. The molecule has 1 aliphatic heterocycles. The predicted molar refractivity (Wildman–Crippen MR) is 80.7 cm³/mol. The van der Waals surface area contributed by atoms with Gasteiger partial charge in [0.1, 0.15) is 6.10 Å². The number of anilines is 1. The zero-order valence-electron chi connectivity index (χ0n) is 12.3. The monoisotopic (exact) mass is 276 g/mol. The van der Waals surface area contributed by atoms with Crippen molar-refractivity contribution in [3.8, 4) is 0 Å². The average molecular weight is 276 g/mol. The minimum absolute atomic E-state index is 0.0623. The zero-order valence-corrected chi connectivity index (χ0v) is 12.3. The van der Waals surface area contributed by atoms with Crippen molar-refractivity contribution in [1.82, 2.24) is 0 Å². The topological polar surface area (TPSA) is 55.6 Å². The van der Waals surface area contributed by atoms with Crippen molar-refractivity contribution in [2.45, 2.75) is 32.8 Å². The number of nitrogens with two attached hydrogens (primary N) is 1. The van der Waals surface area contributed by atoms with Gasteiger partial charge in [-0.25, -0.2) is 0 Å². The fourth-order valence-electron chi connectivity index (χ4n) is 2.51. The Kier molecular flexibility index (Phi) is 5.15. The van der Waals surface area contributed by atoms with Crippen LogP contribution in [0.2, 0.25) is 0 Å². The maximum Gasteiger partial charge on any atom is 0.256 e. The van der Waals surface area contributed by atoms with Crippen LogP contribution in [0.1, 0.15) is 25.3 Å². The molecule has 20 heavy (non-hydrogen) atoms. The molecule has 1 aliphatic rings. The van der Waals surface area contributed by atoms with Gasteiger partial charge in [-0.15, -0.1) is 0 Å². The molecule has 1 aromatic carbocycles. The first-order chi connectivity index (χ1) is 9.63. The van der Waals surface area contributed by atoms with Gasteiger partial charge in [0.05, 0.1) is 0 Å². The smallest absolute Gasteiger partial charge is 0.256 e. The fraction of sp³-hybridized carbons (Fsp3) is 0.562. The van der Waals surface area contributed by atoms with Crippen LogP contribution in [-0.2, 0) is 9.53 Å². The van der Waals surface area contributed by atoms with Gasteiger partial charge < -0.3 is 15.4 Å². The van der Waals surface area contributed by atoms with E-state index in [1.165, 1.54) is 5.56 Å². The number of carbonyl (C=O) groups is 1. The lowest BCUT2D eigenvalue weighted by molar-refractivity contribution is -0.128. The molecule has 0 saturated carbocycles. The highest BCUT2D eigenvalue weighted by Gasteiger charge is 2.34. The van der Waals surface area contributed by atoms with Crippen LogP contribution >= 0.6 is 0 Å². The molecule has 1 amide bonds. The maximum absolute atomic E-state index is 12.7. The second kappa shape index (κ2) is 6.86. The highest BCUT2D eigenvalue weighted by Crippen LogP contribution is 2.25. The Morgan fingerprint density at radius 1 is 1.40 bits per heavy atom. The van der Waals surface area contributed by atoms with E-state index in [0.717, 1.165) is 18.5 Å². The van der Waals surface area contributed by atoms with Gasteiger partial charge in [-0.1, -0.05) is 24.6 Å². The molecular weight excluding hydrogens is 252 g/mol. The molecule has 2 atom stereocenters. The summed E-state index contributed by atoms with van der Waals surface area (Å²) < 4.78 is 5.61. The molecule has 0 radical (unpaired) electrons. The number of amides is 1. The van der Waals surface area contributed by atoms with Crippen LogP contribution in [-0.4, -0.2) is 31.7 Å². The molecular formula is C16H24N2O2. The summed E-state index contributed by atoms with van der Waals surface area (Å²) in [6, 6.07) is 8.03. The second-order valence-electron chi connectivity index (χ2n) is 5.53. The third kappa shape index (κ3) is 3.38. The van der Waals surface area contributed by atoms with E-state index in [1.54, 1.807) is 0 Å². The predicted octanol–water partition coefficient (Wildman–Crippen LogP) is 2.10. The lowest BCUT2D eigenvalue weighted by atomic mass is 10.0. The minimum atomic E-state index is -0.311. The molecule has 1 aromatic rings. The van der Waals surface area contributed by atoms with Crippen LogP contribution in [0.15, 0.2) is 24.3 Å². The SMILES string of the molecule is Cc1ccc(N(CCCN)C(=O)C2OCCC2C)cc1. The third-order valence-electron chi connectivity index (χ3n) is 3.83. The fourth-order valence-corrected chi connectivity index (χ4v) is 2.51. The maximum atomic E-state index is 12.7. The van der Waals surface area contributed by atoms with Crippen molar-refractivity contribution in [2.24, 2.45) is 11.7 Å². The van der Waals surface area contributed by atoms with Gasteiger partial charge in [-0.3, -0.25) is 4.79 Å². The van der Waals surface area contributed by atoms with Gasteiger partial charge >= 0.3 is 0 Å². The number of carbonyl (C=O) groups excluding carboxylic acids is 1. The number of nitrogens with zero attached hydrogens (tertiary/aromatic N) is 1. The van der Waals surface area contributed by atoms with Crippen molar-refractivity contribution in [2.75, 3.05) is 24.6 Å². The van der Waals surface area contributed by atoms with Gasteiger partial charge in [0.2, 0.25) is 0 Å². The van der Waals surface area contributed by atoms with Crippen LogP contribution in [0.5, 0.6) is 0 Å². The summed E-state index contributed by atoms with van der Waals surface area (Å²) >= 11 is 0. The normalized spacial score (nSPS) is 21.9.